The Kier molecular flexibility index (Phi) is 3.19. The minimum atomic E-state index is -0.706. The first-order chi connectivity index (χ1) is 6.63. The summed E-state index contributed by atoms with van der Waals surface area (Å²) in [5.41, 5.74) is 0.190. The normalized spacial score (nSPS) is 9.21. The Morgan fingerprint density at radius 3 is 2.79 bits per heavy atom. The summed E-state index contributed by atoms with van der Waals surface area (Å²) in [6.07, 6.45) is 4.78. The van der Waals surface area contributed by atoms with Crippen molar-refractivity contribution in [2.75, 3.05) is 0 Å². The van der Waals surface area contributed by atoms with Crippen molar-refractivity contribution in [3.8, 4) is 12.3 Å². The van der Waals surface area contributed by atoms with E-state index in [0.717, 1.165) is 12.1 Å². The maximum Gasteiger partial charge on any atom is 0.295 e. The maximum atomic E-state index is 13.0. The summed E-state index contributed by atoms with van der Waals surface area (Å²) in [6.45, 7) is -0.0465. The number of amides is 1. The molecule has 0 aromatic heterocycles. The minimum Gasteiger partial charge on any atom is -0.341 e. The van der Waals surface area contributed by atoms with Crippen molar-refractivity contribution < 1.29 is 13.6 Å². The van der Waals surface area contributed by atoms with E-state index >= 15 is 0 Å². The number of terminal acetylenes is 1. The number of carbonyl (C=O) groups is 1. The Balaban J connectivity index is 2.69. The van der Waals surface area contributed by atoms with E-state index in [-0.39, 0.29) is 12.1 Å². The third-order valence-corrected chi connectivity index (χ3v) is 1.59. The first-order valence-corrected chi connectivity index (χ1v) is 3.82. The van der Waals surface area contributed by atoms with Crippen molar-refractivity contribution in [3.63, 3.8) is 0 Å². The lowest BCUT2D eigenvalue weighted by Gasteiger charge is -2.02. The zero-order chi connectivity index (χ0) is 10.6. The number of benzene rings is 1. The number of carbonyl (C=O) groups excluding carboxylic acids is 1. The van der Waals surface area contributed by atoms with Gasteiger partial charge < -0.3 is 5.32 Å². The second-order valence-electron chi connectivity index (χ2n) is 2.56. The minimum absolute atomic E-state index is 0.0465. The van der Waals surface area contributed by atoms with Gasteiger partial charge in [-0.1, -0.05) is 6.07 Å². The molecular weight excluding hydrogens is 188 g/mol. The Labute approximate surface area is 79.9 Å². The van der Waals surface area contributed by atoms with E-state index < -0.39 is 17.5 Å². The molecular formula is C10H7F2NO. The van der Waals surface area contributed by atoms with Crippen molar-refractivity contribution in [2.24, 2.45) is 0 Å². The number of hydrogen-bond acceptors (Lipinski definition) is 1. The van der Waals surface area contributed by atoms with Crippen LogP contribution < -0.4 is 5.32 Å². The highest BCUT2D eigenvalue weighted by Gasteiger charge is 2.04. The van der Waals surface area contributed by atoms with Gasteiger partial charge in [-0.05, 0) is 12.0 Å². The lowest BCUT2D eigenvalue weighted by atomic mass is 10.2. The van der Waals surface area contributed by atoms with Gasteiger partial charge in [-0.15, -0.1) is 6.42 Å². The molecule has 0 radical (unpaired) electrons. The van der Waals surface area contributed by atoms with E-state index in [1.807, 2.05) is 5.92 Å². The second-order valence-corrected chi connectivity index (χ2v) is 2.56. The molecule has 0 atom stereocenters. The van der Waals surface area contributed by atoms with E-state index in [1.54, 1.807) is 0 Å². The Morgan fingerprint density at radius 1 is 1.50 bits per heavy atom. The lowest BCUT2D eigenvalue weighted by molar-refractivity contribution is -0.115. The van der Waals surface area contributed by atoms with Crippen LogP contribution in [0.4, 0.5) is 8.78 Å². The molecule has 0 spiro atoms. The summed E-state index contributed by atoms with van der Waals surface area (Å²) in [4.78, 5) is 10.6. The molecule has 1 N–H and O–H groups in total. The van der Waals surface area contributed by atoms with Gasteiger partial charge in [0.15, 0.2) is 0 Å². The molecule has 14 heavy (non-hydrogen) atoms. The molecule has 1 aromatic carbocycles. The molecule has 0 saturated carbocycles. The highest BCUT2D eigenvalue weighted by Crippen LogP contribution is 2.08. The van der Waals surface area contributed by atoms with E-state index in [0.29, 0.717) is 0 Å². The predicted molar refractivity (Wildman–Crippen MR) is 47.0 cm³/mol. The van der Waals surface area contributed by atoms with Crippen LogP contribution >= 0.6 is 0 Å². The number of halogens is 2. The highest BCUT2D eigenvalue weighted by molar-refractivity contribution is 5.92. The van der Waals surface area contributed by atoms with Gasteiger partial charge in [0.05, 0.1) is 0 Å². The van der Waals surface area contributed by atoms with Crippen molar-refractivity contribution in [3.05, 3.63) is 35.4 Å². The van der Waals surface area contributed by atoms with Gasteiger partial charge in [-0.2, -0.15) is 0 Å². The Morgan fingerprint density at radius 2 is 2.21 bits per heavy atom. The molecule has 72 valence electrons. The molecule has 0 bridgehead atoms. The van der Waals surface area contributed by atoms with E-state index in [2.05, 4.69) is 5.32 Å². The topological polar surface area (TPSA) is 29.1 Å². The van der Waals surface area contributed by atoms with Gasteiger partial charge in [0, 0.05) is 18.2 Å². The van der Waals surface area contributed by atoms with Crippen molar-refractivity contribution in [1.29, 1.82) is 0 Å². The molecule has 0 aliphatic carbocycles. The molecule has 1 rings (SSSR count). The summed E-state index contributed by atoms with van der Waals surface area (Å²) >= 11 is 0. The van der Waals surface area contributed by atoms with Gasteiger partial charge in [-0.25, -0.2) is 8.78 Å². The third kappa shape index (κ3) is 2.56. The van der Waals surface area contributed by atoms with Crippen LogP contribution in [0.25, 0.3) is 0 Å². The SMILES string of the molecule is C#CC(=O)NCc1ccc(F)cc1F. The van der Waals surface area contributed by atoms with Crippen molar-refractivity contribution in [2.45, 2.75) is 6.54 Å². The average Bonchev–Trinajstić information content (AvgIpc) is 2.16. The summed E-state index contributed by atoms with van der Waals surface area (Å²) in [5.74, 6) is -0.175. The van der Waals surface area contributed by atoms with Crippen LogP contribution in [0.5, 0.6) is 0 Å². The molecule has 4 heteroatoms. The summed E-state index contributed by atoms with van der Waals surface area (Å²) in [6, 6.07) is 3.11. The van der Waals surface area contributed by atoms with Crippen LogP contribution in [-0.4, -0.2) is 5.91 Å². The first kappa shape index (κ1) is 10.2. The Hall–Kier alpha value is -1.89. The van der Waals surface area contributed by atoms with Crippen LogP contribution in [0.2, 0.25) is 0 Å². The monoisotopic (exact) mass is 195 g/mol. The zero-order valence-corrected chi connectivity index (χ0v) is 7.18. The maximum absolute atomic E-state index is 13.0. The zero-order valence-electron chi connectivity index (χ0n) is 7.18. The first-order valence-electron chi connectivity index (χ1n) is 3.82. The van der Waals surface area contributed by atoms with Crippen molar-refractivity contribution >= 4 is 5.91 Å². The third-order valence-electron chi connectivity index (χ3n) is 1.59. The van der Waals surface area contributed by atoms with Gasteiger partial charge in [0.25, 0.3) is 5.91 Å². The number of nitrogens with one attached hydrogen (secondary N) is 1. The summed E-state index contributed by atoms with van der Waals surface area (Å²) in [5, 5.41) is 2.27. The molecule has 0 aliphatic heterocycles. The predicted octanol–water partition coefficient (Wildman–Crippen LogP) is 1.21. The van der Waals surface area contributed by atoms with Crippen molar-refractivity contribution in [1.82, 2.24) is 5.32 Å². The standard InChI is InChI=1S/C10H7F2NO/c1-2-10(14)13-6-7-3-4-8(11)5-9(7)12/h1,3-5H,6H2,(H,13,14). The van der Waals surface area contributed by atoms with E-state index in [9.17, 15) is 13.6 Å². The largest absolute Gasteiger partial charge is 0.341 e. The second kappa shape index (κ2) is 4.38. The van der Waals surface area contributed by atoms with E-state index in [4.69, 9.17) is 6.42 Å². The van der Waals surface area contributed by atoms with Crippen LogP contribution in [0.3, 0.4) is 0 Å². The molecule has 0 fully saturated rings. The van der Waals surface area contributed by atoms with Gasteiger partial charge in [0.1, 0.15) is 11.6 Å². The summed E-state index contributed by atoms with van der Waals surface area (Å²) < 4.78 is 25.4. The smallest absolute Gasteiger partial charge is 0.295 e. The lowest BCUT2D eigenvalue weighted by Crippen LogP contribution is -2.21. The van der Waals surface area contributed by atoms with Crippen LogP contribution in [0.1, 0.15) is 5.56 Å². The Bertz CT molecular complexity index is 396. The molecule has 0 saturated heterocycles. The van der Waals surface area contributed by atoms with Gasteiger partial charge in [0.2, 0.25) is 0 Å². The van der Waals surface area contributed by atoms with Crippen LogP contribution in [0, 0.1) is 24.0 Å². The van der Waals surface area contributed by atoms with Crippen LogP contribution in [-0.2, 0) is 11.3 Å². The molecule has 0 unspecified atom stereocenters. The van der Waals surface area contributed by atoms with Gasteiger partial charge >= 0.3 is 0 Å². The van der Waals surface area contributed by atoms with Gasteiger partial charge in [-0.3, -0.25) is 4.79 Å². The highest BCUT2D eigenvalue weighted by atomic mass is 19.1. The van der Waals surface area contributed by atoms with Crippen LogP contribution in [0.15, 0.2) is 18.2 Å². The number of hydrogen-bond donors (Lipinski definition) is 1. The fourth-order valence-electron chi connectivity index (χ4n) is 0.892. The molecule has 2 nitrogen and oxygen atoms in total. The number of rotatable bonds is 2. The molecule has 0 heterocycles. The average molecular weight is 195 g/mol. The summed E-state index contributed by atoms with van der Waals surface area (Å²) in [7, 11) is 0. The molecule has 1 aromatic rings. The molecule has 0 aliphatic rings. The fraction of sp³-hybridized carbons (Fsp3) is 0.100. The molecule has 1 amide bonds. The fourth-order valence-corrected chi connectivity index (χ4v) is 0.892. The quantitative estimate of drug-likeness (QED) is 0.706. The van der Waals surface area contributed by atoms with E-state index in [1.165, 1.54) is 6.07 Å².